The predicted octanol–water partition coefficient (Wildman–Crippen LogP) is 5.16. The van der Waals surface area contributed by atoms with Gasteiger partial charge in [0.15, 0.2) is 0 Å². The number of aliphatic hydroxyl groups excluding tert-OH is 1. The van der Waals surface area contributed by atoms with E-state index in [1.54, 1.807) is 41.3 Å². The van der Waals surface area contributed by atoms with Crippen LogP contribution in [0.4, 0.5) is 4.79 Å². The molecule has 9 nitrogen and oxygen atoms in total. The van der Waals surface area contributed by atoms with Gasteiger partial charge in [-0.2, -0.15) is 0 Å². The third kappa shape index (κ3) is 6.54. The predicted molar refractivity (Wildman–Crippen MR) is 156 cm³/mol. The van der Waals surface area contributed by atoms with Crippen molar-refractivity contribution in [2.45, 2.75) is 18.6 Å². The summed E-state index contributed by atoms with van der Waals surface area (Å²) in [4.78, 5) is 18.6. The SMILES string of the molecule is CS(=O)(=O)NCC(O)COc1ccc(C2c3[nH]c4ccc(Cl)cc4c3CCN2C(=O)Oc2ccc(Cl)cc2)cc1.[HH]. The average Bonchev–Trinajstić information content (AvgIpc) is 3.29. The van der Waals surface area contributed by atoms with Gasteiger partial charge in [-0.1, -0.05) is 35.3 Å². The number of fused-ring (bicyclic) bond motifs is 3. The molecule has 0 saturated heterocycles. The van der Waals surface area contributed by atoms with Crippen molar-refractivity contribution in [1.82, 2.24) is 14.6 Å². The number of aromatic amines is 1. The van der Waals surface area contributed by atoms with E-state index in [2.05, 4.69) is 9.71 Å². The minimum Gasteiger partial charge on any atom is -0.491 e. The molecule has 212 valence electrons. The molecule has 0 spiro atoms. The van der Waals surface area contributed by atoms with Crippen LogP contribution in [0.5, 0.6) is 11.5 Å². The van der Waals surface area contributed by atoms with E-state index in [4.69, 9.17) is 32.7 Å². The zero-order chi connectivity index (χ0) is 28.4. The van der Waals surface area contributed by atoms with Crippen molar-refractivity contribution < 1.29 is 29.2 Å². The summed E-state index contributed by atoms with van der Waals surface area (Å²) in [6.45, 7) is 0.163. The number of aromatic nitrogens is 1. The van der Waals surface area contributed by atoms with Crippen molar-refractivity contribution in [2.24, 2.45) is 0 Å². The number of benzene rings is 3. The van der Waals surface area contributed by atoms with Crippen LogP contribution in [0.2, 0.25) is 10.0 Å². The quantitative estimate of drug-likeness (QED) is 0.255. The van der Waals surface area contributed by atoms with E-state index in [0.29, 0.717) is 34.5 Å². The monoisotopic (exact) mass is 605 g/mol. The Morgan fingerprint density at radius 1 is 1.10 bits per heavy atom. The van der Waals surface area contributed by atoms with Crippen molar-refractivity contribution >= 4 is 50.2 Å². The van der Waals surface area contributed by atoms with E-state index in [-0.39, 0.29) is 14.6 Å². The number of carbonyl (C=O) groups excluding carboxylic acids is 1. The van der Waals surface area contributed by atoms with Crippen molar-refractivity contribution in [3.63, 3.8) is 0 Å². The molecule has 1 aliphatic rings. The molecule has 0 fully saturated rings. The Morgan fingerprint density at radius 3 is 2.48 bits per heavy atom. The zero-order valence-electron chi connectivity index (χ0n) is 21.4. The van der Waals surface area contributed by atoms with Crippen LogP contribution in [0.1, 0.15) is 24.3 Å². The molecule has 0 bridgehead atoms. The fraction of sp³-hybridized carbons (Fsp3) is 0.250. The van der Waals surface area contributed by atoms with Gasteiger partial charge < -0.3 is 19.6 Å². The van der Waals surface area contributed by atoms with Crippen molar-refractivity contribution in [3.05, 3.63) is 93.6 Å². The highest BCUT2D eigenvalue weighted by atomic mass is 35.5. The summed E-state index contributed by atoms with van der Waals surface area (Å²) in [5.74, 6) is 0.868. The van der Waals surface area contributed by atoms with E-state index >= 15 is 0 Å². The molecule has 1 amide bonds. The Hall–Kier alpha value is -3.28. The molecule has 2 heterocycles. The molecule has 3 N–H and O–H groups in total. The van der Waals surface area contributed by atoms with Crippen LogP contribution < -0.4 is 14.2 Å². The summed E-state index contributed by atoms with van der Waals surface area (Å²) in [5.41, 5.74) is 3.69. The lowest BCUT2D eigenvalue weighted by Crippen LogP contribution is -2.42. The molecular weight excluding hydrogens is 577 g/mol. The number of hydrogen-bond donors (Lipinski definition) is 3. The van der Waals surface area contributed by atoms with Gasteiger partial charge in [0.05, 0.1) is 6.26 Å². The topological polar surface area (TPSA) is 121 Å². The lowest BCUT2D eigenvalue weighted by Gasteiger charge is -2.35. The Morgan fingerprint density at radius 2 is 1.77 bits per heavy atom. The van der Waals surface area contributed by atoms with E-state index < -0.39 is 28.3 Å². The Labute approximate surface area is 243 Å². The second-order valence-electron chi connectivity index (χ2n) is 9.53. The van der Waals surface area contributed by atoms with E-state index in [1.165, 1.54) is 0 Å². The smallest absolute Gasteiger partial charge is 0.416 e. The first-order valence-electron chi connectivity index (χ1n) is 12.5. The lowest BCUT2D eigenvalue weighted by atomic mass is 9.92. The third-order valence-electron chi connectivity index (χ3n) is 6.56. The molecule has 3 aromatic carbocycles. The van der Waals surface area contributed by atoms with Crippen LogP contribution >= 0.6 is 23.2 Å². The molecule has 1 aromatic heterocycles. The summed E-state index contributed by atoms with van der Waals surface area (Å²) in [6.07, 6.45) is 0.109. The molecule has 0 saturated carbocycles. The van der Waals surface area contributed by atoms with Gasteiger partial charge in [0.25, 0.3) is 0 Å². The standard InChI is InChI=1S/C28H27Cl2N3O6S.H2/c1-40(36,37)31-15-20(34)16-38-21-7-2-17(3-8-21)27-26-23(24-14-19(30)6-11-25(24)32-26)12-13-33(27)28(35)39-22-9-4-18(29)5-10-22;/h2-11,14,20,27,31-32,34H,12-13,15-16H2,1H3;1H. The molecule has 2 unspecified atom stereocenters. The highest BCUT2D eigenvalue weighted by molar-refractivity contribution is 7.88. The van der Waals surface area contributed by atoms with Gasteiger partial charge >= 0.3 is 6.09 Å². The Kier molecular flexibility index (Phi) is 8.25. The summed E-state index contributed by atoms with van der Waals surface area (Å²) in [7, 11) is -3.42. The first kappa shape index (κ1) is 28.3. The number of rotatable bonds is 8. The third-order valence-corrected chi connectivity index (χ3v) is 7.74. The second kappa shape index (κ2) is 11.7. The number of nitrogens with one attached hydrogen (secondary N) is 2. The number of nitrogens with zero attached hydrogens (tertiary/aromatic N) is 1. The zero-order valence-corrected chi connectivity index (χ0v) is 23.8. The number of carbonyl (C=O) groups is 1. The maximum atomic E-state index is 13.4. The molecule has 40 heavy (non-hydrogen) atoms. The minimum atomic E-state index is -3.42. The number of H-pyrrole nitrogens is 1. The lowest BCUT2D eigenvalue weighted by molar-refractivity contribution is 0.111. The van der Waals surface area contributed by atoms with Crippen LogP contribution in [-0.4, -0.2) is 61.6 Å². The first-order chi connectivity index (χ1) is 19.1. The summed E-state index contributed by atoms with van der Waals surface area (Å²) >= 11 is 12.3. The van der Waals surface area contributed by atoms with Crippen LogP contribution in [0.25, 0.3) is 10.9 Å². The van der Waals surface area contributed by atoms with Gasteiger partial charge in [-0.25, -0.2) is 17.9 Å². The average molecular weight is 607 g/mol. The molecule has 4 aromatic rings. The molecule has 0 aliphatic carbocycles. The number of hydrogen-bond acceptors (Lipinski definition) is 6. The molecule has 1 aliphatic heterocycles. The second-order valence-corrected chi connectivity index (χ2v) is 12.2. The Bertz CT molecular complexity index is 1630. The minimum absolute atomic E-state index is 0. The fourth-order valence-corrected chi connectivity index (χ4v) is 5.50. The summed E-state index contributed by atoms with van der Waals surface area (Å²) in [5, 5.41) is 12.2. The number of sulfonamides is 1. The highest BCUT2D eigenvalue weighted by Crippen LogP contribution is 2.40. The van der Waals surface area contributed by atoms with E-state index in [0.717, 1.165) is 34.0 Å². The van der Waals surface area contributed by atoms with E-state index in [9.17, 15) is 18.3 Å². The van der Waals surface area contributed by atoms with Crippen LogP contribution in [0, 0.1) is 0 Å². The van der Waals surface area contributed by atoms with Gasteiger partial charge in [0.1, 0.15) is 30.3 Å². The number of halogens is 2. The van der Waals surface area contributed by atoms with Gasteiger partial charge in [-0.3, -0.25) is 4.90 Å². The van der Waals surface area contributed by atoms with Gasteiger partial charge in [0.2, 0.25) is 10.0 Å². The van der Waals surface area contributed by atoms with Crippen LogP contribution in [0.3, 0.4) is 0 Å². The van der Waals surface area contributed by atoms with Crippen LogP contribution in [-0.2, 0) is 16.4 Å². The van der Waals surface area contributed by atoms with Crippen molar-refractivity contribution in [1.29, 1.82) is 0 Å². The number of amides is 1. The van der Waals surface area contributed by atoms with Gasteiger partial charge in [-0.05, 0) is 72.1 Å². The Balaban J connectivity index is 0.00000387. The number of ether oxygens (including phenoxy) is 2. The first-order valence-corrected chi connectivity index (χ1v) is 15.1. The maximum absolute atomic E-state index is 13.4. The molecule has 0 radical (unpaired) electrons. The van der Waals surface area contributed by atoms with Gasteiger partial charge in [0, 0.05) is 41.2 Å². The van der Waals surface area contributed by atoms with E-state index in [1.807, 2.05) is 30.3 Å². The van der Waals surface area contributed by atoms with Crippen LogP contribution in [0.15, 0.2) is 66.7 Å². The molecule has 2 atom stereocenters. The summed E-state index contributed by atoms with van der Waals surface area (Å²) < 4.78 is 36.1. The fourth-order valence-electron chi connectivity index (χ4n) is 4.71. The molecule has 12 heteroatoms. The highest BCUT2D eigenvalue weighted by Gasteiger charge is 2.35. The number of aliphatic hydroxyl groups is 1. The maximum Gasteiger partial charge on any atom is 0.416 e. The summed E-state index contributed by atoms with van der Waals surface area (Å²) in [6, 6.07) is 18.9. The van der Waals surface area contributed by atoms with Crippen molar-refractivity contribution in [3.8, 4) is 11.5 Å². The molecule has 5 rings (SSSR count). The van der Waals surface area contributed by atoms with Gasteiger partial charge in [-0.15, -0.1) is 0 Å². The largest absolute Gasteiger partial charge is 0.491 e. The normalized spacial score (nSPS) is 16.0. The van der Waals surface area contributed by atoms with Crippen molar-refractivity contribution in [2.75, 3.05) is 26.0 Å². The molecular formula is C28H29Cl2N3O6S.